The molecule has 21 heavy (non-hydrogen) atoms. The summed E-state index contributed by atoms with van der Waals surface area (Å²) in [5.74, 6) is 0.762. The van der Waals surface area contributed by atoms with E-state index in [0.29, 0.717) is 12.3 Å². The number of anilines is 1. The lowest BCUT2D eigenvalue weighted by Gasteiger charge is -2.17. The van der Waals surface area contributed by atoms with Gasteiger partial charge in [-0.15, -0.1) is 0 Å². The van der Waals surface area contributed by atoms with Gasteiger partial charge in [-0.3, -0.25) is 4.90 Å². The van der Waals surface area contributed by atoms with Gasteiger partial charge in [0.25, 0.3) is 0 Å². The van der Waals surface area contributed by atoms with Crippen LogP contribution in [0.3, 0.4) is 0 Å². The molecule has 0 saturated carbocycles. The molecule has 0 saturated heterocycles. The van der Waals surface area contributed by atoms with Gasteiger partial charge in [0.05, 0.1) is 5.69 Å². The molecule has 0 aliphatic heterocycles. The summed E-state index contributed by atoms with van der Waals surface area (Å²) >= 11 is 0. The van der Waals surface area contributed by atoms with Gasteiger partial charge in [0.1, 0.15) is 12.4 Å². The Morgan fingerprint density at radius 2 is 1.67 bits per heavy atom. The highest BCUT2D eigenvalue weighted by atomic mass is 16.5. The lowest BCUT2D eigenvalue weighted by Crippen LogP contribution is -2.24. The van der Waals surface area contributed by atoms with Crippen LogP contribution in [0.2, 0.25) is 0 Å². The predicted octanol–water partition coefficient (Wildman–Crippen LogP) is 3.34. The molecule has 2 rings (SSSR count). The summed E-state index contributed by atoms with van der Waals surface area (Å²) in [5.41, 5.74) is 9.25. The number of nitrogen functional groups attached to an aromatic ring is 1. The smallest absolute Gasteiger partial charge is 0.142 e. The van der Waals surface area contributed by atoms with E-state index in [4.69, 9.17) is 10.5 Å². The first-order chi connectivity index (χ1) is 10.2. The fourth-order valence-corrected chi connectivity index (χ4v) is 2.19. The molecule has 0 spiro atoms. The second-order valence-electron chi connectivity index (χ2n) is 5.29. The van der Waals surface area contributed by atoms with Crippen molar-refractivity contribution in [1.29, 1.82) is 0 Å². The van der Waals surface area contributed by atoms with Crippen LogP contribution in [0.15, 0.2) is 48.5 Å². The van der Waals surface area contributed by atoms with E-state index in [-0.39, 0.29) is 0 Å². The summed E-state index contributed by atoms with van der Waals surface area (Å²) in [6.45, 7) is 4.60. The molecule has 0 heterocycles. The Kier molecular flexibility index (Phi) is 5.64. The quantitative estimate of drug-likeness (QED) is 0.793. The minimum absolute atomic E-state index is 0.637. The third-order valence-corrected chi connectivity index (χ3v) is 3.53. The number of rotatable bonds is 7. The predicted molar refractivity (Wildman–Crippen MR) is 88.5 cm³/mol. The lowest BCUT2D eigenvalue weighted by molar-refractivity contribution is 0.233. The van der Waals surface area contributed by atoms with Crippen molar-refractivity contribution < 1.29 is 4.74 Å². The van der Waals surface area contributed by atoms with Crippen LogP contribution in [-0.4, -0.2) is 25.1 Å². The minimum atomic E-state index is 0.637. The average Bonchev–Trinajstić information content (AvgIpc) is 2.50. The lowest BCUT2D eigenvalue weighted by atomic mass is 10.1. The fourth-order valence-electron chi connectivity index (χ4n) is 2.19. The van der Waals surface area contributed by atoms with Crippen LogP contribution in [-0.2, 0) is 13.0 Å². The monoisotopic (exact) mass is 284 g/mol. The van der Waals surface area contributed by atoms with Gasteiger partial charge in [0.15, 0.2) is 0 Å². The summed E-state index contributed by atoms with van der Waals surface area (Å²) in [7, 11) is 2.10. The Labute approximate surface area is 127 Å². The molecule has 0 radical (unpaired) electrons. The van der Waals surface area contributed by atoms with Crippen molar-refractivity contribution in [2.45, 2.75) is 19.9 Å². The van der Waals surface area contributed by atoms with E-state index in [1.807, 2.05) is 24.3 Å². The normalized spacial score (nSPS) is 10.8. The second-order valence-corrected chi connectivity index (χ2v) is 5.29. The van der Waals surface area contributed by atoms with Gasteiger partial charge < -0.3 is 10.5 Å². The van der Waals surface area contributed by atoms with Crippen molar-refractivity contribution in [2.24, 2.45) is 0 Å². The zero-order chi connectivity index (χ0) is 15.1. The molecule has 0 bridgehead atoms. The van der Waals surface area contributed by atoms with Crippen molar-refractivity contribution >= 4 is 5.69 Å². The highest BCUT2D eigenvalue weighted by molar-refractivity contribution is 5.51. The van der Waals surface area contributed by atoms with E-state index < -0.39 is 0 Å². The van der Waals surface area contributed by atoms with E-state index in [2.05, 4.69) is 43.1 Å². The number of nitrogens with two attached hydrogens (primary N) is 1. The van der Waals surface area contributed by atoms with Crippen LogP contribution in [0.4, 0.5) is 5.69 Å². The molecular weight excluding hydrogens is 260 g/mol. The van der Waals surface area contributed by atoms with Gasteiger partial charge in [-0.25, -0.2) is 0 Å². The maximum atomic E-state index is 5.85. The molecule has 2 N–H and O–H groups in total. The number of para-hydroxylation sites is 2. The number of likely N-dealkylation sites (N-methyl/N-ethyl adjacent to an activating group) is 1. The Balaban J connectivity index is 1.76. The maximum Gasteiger partial charge on any atom is 0.142 e. The van der Waals surface area contributed by atoms with E-state index >= 15 is 0 Å². The molecule has 2 aromatic carbocycles. The first-order valence-electron chi connectivity index (χ1n) is 7.42. The van der Waals surface area contributed by atoms with Gasteiger partial charge in [-0.1, -0.05) is 43.3 Å². The van der Waals surface area contributed by atoms with Crippen molar-refractivity contribution in [3.05, 3.63) is 59.7 Å². The van der Waals surface area contributed by atoms with Gasteiger partial charge in [-0.2, -0.15) is 0 Å². The van der Waals surface area contributed by atoms with Crippen LogP contribution < -0.4 is 10.5 Å². The van der Waals surface area contributed by atoms with Gasteiger partial charge in [0, 0.05) is 13.1 Å². The highest BCUT2D eigenvalue weighted by Gasteiger charge is 2.03. The second kappa shape index (κ2) is 7.70. The minimum Gasteiger partial charge on any atom is -0.490 e. The first kappa shape index (κ1) is 15.4. The summed E-state index contributed by atoms with van der Waals surface area (Å²) in [4.78, 5) is 2.25. The molecule has 0 aliphatic carbocycles. The van der Waals surface area contributed by atoms with Crippen molar-refractivity contribution in [1.82, 2.24) is 4.90 Å². The number of hydrogen-bond acceptors (Lipinski definition) is 3. The number of hydrogen-bond donors (Lipinski definition) is 1. The van der Waals surface area contributed by atoms with Gasteiger partial charge >= 0.3 is 0 Å². The first-order valence-corrected chi connectivity index (χ1v) is 7.42. The summed E-state index contributed by atoms with van der Waals surface area (Å²) in [6.07, 6.45) is 1.09. The zero-order valence-electron chi connectivity index (χ0n) is 12.9. The SMILES string of the molecule is CCc1ccc(CN(C)CCOc2ccccc2N)cc1. The third-order valence-electron chi connectivity index (χ3n) is 3.53. The Morgan fingerprint density at radius 3 is 2.33 bits per heavy atom. The van der Waals surface area contributed by atoms with E-state index in [9.17, 15) is 0 Å². The van der Waals surface area contributed by atoms with Crippen molar-refractivity contribution in [3.63, 3.8) is 0 Å². The largest absolute Gasteiger partial charge is 0.490 e. The van der Waals surface area contributed by atoms with Crippen LogP contribution >= 0.6 is 0 Å². The number of ether oxygens (including phenoxy) is 1. The highest BCUT2D eigenvalue weighted by Crippen LogP contribution is 2.19. The van der Waals surface area contributed by atoms with Crippen LogP contribution in [0.1, 0.15) is 18.1 Å². The summed E-state index contributed by atoms with van der Waals surface area (Å²) in [6, 6.07) is 16.4. The molecule has 0 aromatic heterocycles. The molecule has 3 heteroatoms. The van der Waals surface area contributed by atoms with Gasteiger partial charge in [-0.05, 0) is 36.7 Å². The molecule has 0 atom stereocenters. The molecule has 2 aromatic rings. The number of benzene rings is 2. The number of aryl methyl sites for hydroxylation is 1. The van der Waals surface area contributed by atoms with Crippen molar-refractivity contribution in [3.8, 4) is 5.75 Å². The third kappa shape index (κ3) is 4.80. The van der Waals surface area contributed by atoms with Crippen LogP contribution in [0, 0.1) is 0 Å². The van der Waals surface area contributed by atoms with E-state index in [0.717, 1.165) is 25.3 Å². The van der Waals surface area contributed by atoms with Gasteiger partial charge in [0.2, 0.25) is 0 Å². The summed E-state index contributed by atoms with van der Waals surface area (Å²) in [5, 5.41) is 0. The zero-order valence-corrected chi connectivity index (χ0v) is 12.9. The molecular formula is C18H24N2O. The standard InChI is InChI=1S/C18H24N2O/c1-3-15-8-10-16(11-9-15)14-20(2)12-13-21-18-7-5-4-6-17(18)19/h4-11H,3,12-14,19H2,1-2H3. The Morgan fingerprint density at radius 1 is 1.00 bits per heavy atom. The van der Waals surface area contributed by atoms with Crippen LogP contribution in [0.25, 0.3) is 0 Å². The molecule has 0 fully saturated rings. The van der Waals surface area contributed by atoms with Crippen molar-refractivity contribution in [2.75, 3.05) is 25.9 Å². The Hall–Kier alpha value is -2.00. The summed E-state index contributed by atoms with van der Waals surface area (Å²) < 4.78 is 5.71. The molecule has 0 unspecified atom stereocenters. The molecule has 112 valence electrons. The number of nitrogens with zero attached hydrogens (tertiary/aromatic N) is 1. The van der Waals surface area contributed by atoms with Crippen LogP contribution in [0.5, 0.6) is 5.75 Å². The maximum absolute atomic E-state index is 5.85. The van der Waals surface area contributed by atoms with E-state index in [1.165, 1.54) is 11.1 Å². The molecule has 0 aliphatic rings. The topological polar surface area (TPSA) is 38.5 Å². The van der Waals surface area contributed by atoms with E-state index in [1.54, 1.807) is 0 Å². The average molecular weight is 284 g/mol. The Bertz CT molecular complexity index is 551. The fraction of sp³-hybridized carbons (Fsp3) is 0.333. The molecule has 0 amide bonds. The molecule has 3 nitrogen and oxygen atoms in total.